The third kappa shape index (κ3) is 3.09. The van der Waals surface area contributed by atoms with Crippen LogP contribution < -0.4 is 0 Å². The van der Waals surface area contributed by atoms with Crippen LogP contribution in [0.3, 0.4) is 0 Å². The van der Waals surface area contributed by atoms with Crippen molar-refractivity contribution in [2.24, 2.45) is 5.92 Å². The van der Waals surface area contributed by atoms with E-state index < -0.39 is 11.2 Å². The van der Waals surface area contributed by atoms with Crippen molar-refractivity contribution in [2.75, 3.05) is 0 Å². The minimum absolute atomic E-state index is 0.0479. The zero-order chi connectivity index (χ0) is 14.0. The molecule has 2 aromatic rings. The van der Waals surface area contributed by atoms with Crippen molar-refractivity contribution in [1.29, 1.82) is 0 Å². The van der Waals surface area contributed by atoms with E-state index in [0.717, 1.165) is 20.3 Å². The van der Waals surface area contributed by atoms with Crippen LogP contribution in [0.15, 0.2) is 40.0 Å². The van der Waals surface area contributed by atoms with Gasteiger partial charge in [-0.15, -0.1) is 0 Å². The molecule has 100 valence electrons. The van der Waals surface area contributed by atoms with Gasteiger partial charge in [-0.25, -0.2) is 4.98 Å². The molecule has 0 saturated heterocycles. The molecule has 19 heavy (non-hydrogen) atoms. The summed E-state index contributed by atoms with van der Waals surface area (Å²) in [6.07, 6.45) is 1.72. The Hall–Kier alpha value is -1.07. The van der Waals surface area contributed by atoms with Crippen LogP contribution in [0.5, 0.6) is 0 Å². The number of carbonyl (C=O) groups is 1. The molecule has 0 amide bonds. The van der Waals surface area contributed by atoms with Crippen molar-refractivity contribution in [3.63, 3.8) is 0 Å². The lowest BCUT2D eigenvalue weighted by Gasteiger charge is -2.16. The van der Waals surface area contributed by atoms with E-state index in [4.69, 9.17) is 0 Å². The van der Waals surface area contributed by atoms with Gasteiger partial charge in [-0.2, -0.15) is 0 Å². The van der Waals surface area contributed by atoms with Crippen LogP contribution in [-0.2, 0) is 4.79 Å². The SMILES string of the molecule is CC(C)C(Sc1nccc2c(Br)cccc12)C(=O)O. The Morgan fingerprint density at radius 2 is 2.05 bits per heavy atom. The van der Waals surface area contributed by atoms with Gasteiger partial charge in [0.25, 0.3) is 0 Å². The van der Waals surface area contributed by atoms with Crippen molar-refractivity contribution >= 4 is 44.4 Å². The lowest BCUT2D eigenvalue weighted by molar-refractivity contribution is -0.137. The highest BCUT2D eigenvalue weighted by Crippen LogP contribution is 2.34. The van der Waals surface area contributed by atoms with Gasteiger partial charge in [0.05, 0.1) is 0 Å². The number of fused-ring (bicyclic) bond motifs is 1. The first kappa shape index (κ1) is 14.3. The average molecular weight is 340 g/mol. The highest BCUT2D eigenvalue weighted by atomic mass is 79.9. The van der Waals surface area contributed by atoms with Crippen molar-refractivity contribution in [3.8, 4) is 0 Å². The van der Waals surface area contributed by atoms with Crippen molar-refractivity contribution in [2.45, 2.75) is 24.1 Å². The van der Waals surface area contributed by atoms with Gasteiger partial charge in [0.2, 0.25) is 0 Å². The Morgan fingerprint density at radius 3 is 2.68 bits per heavy atom. The zero-order valence-corrected chi connectivity index (χ0v) is 13.0. The van der Waals surface area contributed by atoms with Crippen LogP contribution >= 0.6 is 27.7 Å². The predicted octanol–water partition coefficient (Wildman–Crippen LogP) is 4.20. The number of carboxylic acids is 1. The first-order chi connectivity index (χ1) is 9.00. The second kappa shape index (κ2) is 5.92. The van der Waals surface area contributed by atoms with Gasteiger partial charge < -0.3 is 5.11 Å². The maximum atomic E-state index is 11.3. The first-order valence-electron chi connectivity index (χ1n) is 5.93. The topological polar surface area (TPSA) is 50.2 Å². The third-order valence-electron chi connectivity index (χ3n) is 2.80. The number of aromatic nitrogens is 1. The maximum absolute atomic E-state index is 11.3. The van der Waals surface area contributed by atoms with Crippen molar-refractivity contribution in [3.05, 3.63) is 34.9 Å². The molecule has 1 aromatic heterocycles. The number of hydrogen-bond donors (Lipinski definition) is 1. The Bertz CT molecular complexity index is 615. The molecule has 1 aromatic carbocycles. The lowest BCUT2D eigenvalue weighted by Crippen LogP contribution is -2.22. The molecule has 1 atom stereocenters. The molecule has 1 unspecified atom stereocenters. The fraction of sp³-hybridized carbons (Fsp3) is 0.286. The molecule has 0 saturated carbocycles. The Morgan fingerprint density at radius 1 is 1.32 bits per heavy atom. The van der Waals surface area contributed by atoms with Crippen LogP contribution in [0.25, 0.3) is 10.8 Å². The monoisotopic (exact) mass is 339 g/mol. The highest BCUT2D eigenvalue weighted by Gasteiger charge is 2.24. The number of pyridine rings is 1. The molecule has 3 nitrogen and oxygen atoms in total. The van der Waals surface area contributed by atoms with Crippen LogP contribution in [-0.4, -0.2) is 21.3 Å². The molecule has 0 aliphatic heterocycles. The van der Waals surface area contributed by atoms with Crippen LogP contribution in [0.2, 0.25) is 0 Å². The minimum atomic E-state index is -0.797. The second-order valence-electron chi connectivity index (χ2n) is 4.57. The Labute approximate surface area is 124 Å². The van der Waals surface area contributed by atoms with Crippen molar-refractivity contribution < 1.29 is 9.90 Å². The van der Waals surface area contributed by atoms with Crippen LogP contribution in [0.1, 0.15) is 13.8 Å². The summed E-state index contributed by atoms with van der Waals surface area (Å²) in [5, 5.41) is 11.6. The number of nitrogens with zero attached hydrogens (tertiary/aromatic N) is 1. The van der Waals surface area contributed by atoms with Gasteiger partial charge in [0, 0.05) is 21.4 Å². The number of rotatable bonds is 4. The molecule has 5 heteroatoms. The van der Waals surface area contributed by atoms with E-state index in [9.17, 15) is 9.90 Å². The molecular weight excluding hydrogens is 326 g/mol. The number of hydrogen-bond acceptors (Lipinski definition) is 3. The largest absolute Gasteiger partial charge is 0.480 e. The van der Waals surface area contributed by atoms with Gasteiger partial charge in [-0.3, -0.25) is 4.79 Å². The standard InChI is InChI=1S/C14H14BrNO2S/c1-8(2)12(14(17)18)19-13-10-4-3-5-11(15)9(10)6-7-16-13/h3-8,12H,1-2H3,(H,17,18). The summed E-state index contributed by atoms with van der Waals surface area (Å²) in [7, 11) is 0. The van der Waals surface area contributed by atoms with Crippen LogP contribution in [0, 0.1) is 5.92 Å². The van der Waals surface area contributed by atoms with E-state index >= 15 is 0 Å². The van der Waals surface area contributed by atoms with Gasteiger partial charge >= 0.3 is 5.97 Å². The fourth-order valence-electron chi connectivity index (χ4n) is 1.83. The number of benzene rings is 1. The van der Waals surface area contributed by atoms with E-state index in [1.165, 1.54) is 11.8 Å². The predicted molar refractivity (Wildman–Crippen MR) is 81.6 cm³/mol. The fourth-order valence-corrected chi connectivity index (χ4v) is 3.37. The van der Waals surface area contributed by atoms with Gasteiger partial charge in [-0.05, 0) is 18.1 Å². The van der Waals surface area contributed by atoms with Gasteiger partial charge in [0.1, 0.15) is 10.3 Å². The van der Waals surface area contributed by atoms with E-state index in [0.29, 0.717) is 0 Å². The summed E-state index contributed by atoms with van der Waals surface area (Å²) in [6, 6.07) is 7.79. The normalized spacial score (nSPS) is 12.8. The second-order valence-corrected chi connectivity index (χ2v) is 6.56. The summed E-state index contributed by atoms with van der Waals surface area (Å²) in [5.74, 6) is -0.750. The molecule has 1 heterocycles. The van der Waals surface area contributed by atoms with Gasteiger partial charge in [-0.1, -0.05) is 53.7 Å². The summed E-state index contributed by atoms with van der Waals surface area (Å²) >= 11 is 4.81. The van der Waals surface area contributed by atoms with E-state index in [-0.39, 0.29) is 5.92 Å². The molecule has 0 bridgehead atoms. The smallest absolute Gasteiger partial charge is 0.317 e. The van der Waals surface area contributed by atoms with E-state index in [2.05, 4.69) is 20.9 Å². The average Bonchev–Trinajstić information content (AvgIpc) is 2.36. The minimum Gasteiger partial charge on any atom is -0.480 e. The highest BCUT2D eigenvalue weighted by molar-refractivity contribution is 9.10. The number of halogens is 1. The van der Waals surface area contributed by atoms with Crippen LogP contribution in [0.4, 0.5) is 0 Å². The summed E-state index contributed by atoms with van der Waals surface area (Å²) < 4.78 is 0.991. The molecule has 0 aliphatic rings. The summed E-state index contributed by atoms with van der Waals surface area (Å²) in [5.41, 5.74) is 0. The number of thioether (sulfide) groups is 1. The maximum Gasteiger partial charge on any atom is 0.317 e. The lowest BCUT2D eigenvalue weighted by atomic mass is 10.1. The number of aliphatic carboxylic acids is 1. The first-order valence-corrected chi connectivity index (χ1v) is 7.60. The summed E-state index contributed by atoms with van der Waals surface area (Å²) in [4.78, 5) is 15.6. The number of carboxylic acid groups (broad SMARTS) is 1. The summed E-state index contributed by atoms with van der Waals surface area (Å²) in [6.45, 7) is 3.82. The molecule has 2 rings (SSSR count). The van der Waals surface area contributed by atoms with E-state index in [1.807, 2.05) is 38.1 Å². The molecule has 0 fully saturated rings. The molecule has 0 spiro atoms. The Balaban J connectivity index is 2.46. The molecule has 0 aliphatic carbocycles. The molecule has 1 N–H and O–H groups in total. The third-order valence-corrected chi connectivity index (χ3v) is 5.04. The molecule has 0 radical (unpaired) electrons. The van der Waals surface area contributed by atoms with Crippen molar-refractivity contribution in [1.82, 2.24) is 4.98 Å². The van der Waals surface area contributed by atoms with Gasteiger partial charge in [0.15, 0.2) is 0 Å². The van der Waals surface area contributed by atoms with E-state index in [1.54, 1.807) is 6.20 Å². The quantitative estimate of drug-likeness (QED) is 0.848. The zero-order valence-electron chi connectivity index (χ0n) is 10.6. The molecular formula is C14H14BrNO2S. The Kier molecular flexibility index (Phi) is 4.47.